The van der Waals surface area contributed by atoms with Gasteiger partial charge < -0.3 is 10.1 Å². The van der Waals surface area contributed by atoms with Gasteiger partial charge in [-0.1, -0.05) is 39.5 Å². The Labute approximate surface area is 128 Å². The summed E-state index contributed by atoms with van der Waals surface area (Å²) in [6.45, 7) is 13.6. The van der Waals surface area contributed by atoms with E-state index in [9.17, 15) is 0 Å². The summed E-state index contributed by atoms with van der Waals surface area (Å²) >= 11 is 0. The molecule has 0 unspecified atom stereocenters. The quantitative estimate of drug-likeness (QED) is 0.786. The van der Waals surface area contributed by atoms with Crippen molar-refractivity contribution in [3.63, 3.8) is 0 Å². The molecule has 2 heterocycles. The maximum Gasteiger partial charge on any atom is 0.0727 e. The highest BCUT2D eigenvalue weighted by Crippen LogP contribution is 2.35. The van der Waals surface area contributed by atoms with Crippen LogP contribution < -0.4 is 5.32 Å². The summed E-state index contributed by atoms with van der Waals surface area (Å²) in [7, 11) is 0. The van der Waals surface area contributed by atoms with Gasteiger partial charge in [0.25, 0.3) is 0 Å². The van der Waals surface area contributed by atoms with Crippen molar-refractivity contribution in [2.45, 2.75) is 58.1 Å². The molecule has 1 aromatic carbocycles. The third kappa shape index (κ3) is 3.07. The van der Waals surface area contributed by atoms with Crippen LogP contribution in [-0.2, 0) is 23.2 Å². The van der Waals surface area contributed by atoms with Gasteiger partial charge in [-0.2, -0.15) is 0 Å². The largest absolute Gasteiger partial charge is 0.372 e. The SMILES string of the molecule is C=C1COCc2c(cc(C(C)(C)C)cc2[C@@H]2CCCN2)C1. The maximum absolute atomic E-state index is 5.83. The van der Waals surface area contributed by atoms with Gasteiger partial charge in [0.1, 0.15) is 0 Å². The minimum atomic E-state index is 0.177. The van der Waals surface area contributed by atoms with Crippen molar-refractivity contribution in [2.75, 3.05) is 13.2 Å². The first-order valence-corrected chi connectivity index (χ1v) is 8.09. The van der Waals surface area contributed by atoms with Crippen LogP contribution in [0.4, 0.5) is 0 Å². The lowest BCUT2D eigenvalue weighted by Crippen LogP contribution is -2.19. The standard InChI is InChI=1S/C19H27NO/c1-13-8-14-9-15(19(2,3)4)10-16(17(14)12-21-11-13)18-6-5-7-20-18/h9-10,18,20H,1,5-8,11-12H2,2-4H3/t18-/m0/s1. The average Bonchev–Trinajstić information content (AvgIpc) is 2.85. The number of benzene rings is 1. The maximum atomic E-state index is 5.83. The van der Waals surface area contributed by atoms with E-state index in [4.69, 9.17) is 4.74 Å². The van der Waals surface area contributed by atoms with E-state index in [0.717, 1.165) is 19.6 Å². The van der Waals surface area contributed by atoms with Gasteiger partial charge in [0.15, 0.2) is 0 Å². The minimum Gasteiger partial charge on any atom is -0.372 e. The van der Waals surface area contributed by atoms with Gasteiger partial charge >= 0.3 is 0 Å². The van der Waals surface area contributed by atoms with Gasteiger partial charge in [-0.05, 0) is 59.0 Å². The van der Waals surface area contributed by atoms with Crippen LogP contribution in [-0.4, -0.2) is 13.2 Å². The Kier molecular flexibility index (Phi) is 3.94. The second-order valence-corrected chi connectivity index (χ2v) is 7.52. The molecule has 1 atom stereocenters. The Morgan fingerprint density at radius 2 is 2.05 bits per heavy atom. The highest BCUT2D eigenvalue weighted by molar-refractivity contribution is 5.45. The fraction of sp³-hybridized carbons (Fsp3) is 0.579. The van der Waals surface area contributed by atoms with Crippen molar-refractivity contribution in [2.24, 2.45) is 0 Å². The first-order valence-electron chi connectivity index (χ1n) is 8.09. The molecule has 1 fully saturated rings. The molecular formula is C19H27NO. The molecule has 0 bridgehead atoms. The predicted octanol–water partition coefficient (Wildman–Crippen LogP) is 4.04. The Bertz CT molecular complexity index is 547. The molecule has 3 rings (SSSR count). The molecule has 0 aromatic heterocycles. The number of hydrogen-bond donors (Lipinski definition) is 1. The Hall–Kier alpha value is -1.12. The lowest BCUT2D eigenvalue weighted by Gasteiger charge is -2.25. The van der Waals surface area contributed by atoms with E-state index in [1.54, 1.807) is 0 Å². The first kappa shape index (κ1) is 14.8. The van der Waals surface area contributed by atoms with Crippen LogP contribution in [0.2, 0.25) is 0 Å². The summed E-state index contributed by atoms with van der Waals surface area (Å²) in [5.74, 6) is 0. The molecule has 21 heavy (non-hydrogen) atoms. The molecule has 2 heteroatoms. The molecule has 1 aromatic rings. The molecule has 2 aliphatic heterocycles. The van der Waals surface area contributed by atoms with Crippen LogP contribution in [0.3, 0.4) is 0 Å². The van der Waals surface area contributed by atoms with Crippen LogP contribution in [0.15, 0.2) is 24.3 Å². The van der Waals surface area contributed by atoms with E-state index in [0.29, 0.717) is 12.6 Å². The molecule has 1 N–H and O–H groups in total. The molecule has 0 aliphatic carbocycles. The number of hydrogen-bond acceptors (Lipinski definition) is 2. The Morgan fingerprint density at radius 3 is 2.71 bits per heavy atom. The van der Waals surface area contributed by atoms with E-state index >= 15 is 0 Å². The molecule has 2 aliphatic rings. The summed E-state index contributed by atoms with van der Waals surface area (Å²) in [6, 6.07) is 5.29. The molecule has 0 radical (unpaired) electrons. The Balaban J connectivity index is 2.11. The van der Waals surface area contributed by atoms with Gasteiger partial charge in [0.2, 0.25) is 0 Å². The van der Waals surface area contributed by atoms with Crippen LogP contribution in [0, 0.1) is 0 Å². The second kappa shape index (κ2) is 5.58. The average molecular weight is 285 g/mol. The number of rotatable bonds is 1. The lowest BCUT2D eigenvalue weighted by atomic mass is 9.81. The molecular weight excluding hydrogens is 258 g/mol. The van der Waals surface area contributed by atoms with Gasteiger partial charge in [0.05, 0.1) is 13.2 Å². The number of ether oxygens (including phenoxy) is 1. The monoisotopic (exact) mass is 285 g/mol. The third-order valence-electron chi connectivity index (χ3n) is 4.67. The van der Waals surface area contributed by atoms with Crippen molar-refractivity contribution in [1.82, 2.24) is 5.32 Å². The zero-order valence-corrected chi connectivity index (χ0v) is 13.6. The second-order valence-electron chi connectivity index (χ2n) is 7.52. The molecule has 0 amide bonds. The van der Waals surface area contributed by atoms with E-state index in [1.165, 1.54) is 40.7 Å². The van der Waals surface area contributed by atoms with Gasteiger partial charge in [0, 0.05) is 6.04 Å². The van der Waals surface area contributed by atoms with Crippen LogP contribution in [0.25, 0.3) is 0 Å². The predicted molar refractivity (Wildman–Crippen MR) is 87.6 cm³/mol. The van der Waals surface area contributed by atoms with E-state index < -0.39 is 0 Å². The van der Waals surface area contributed by atoms with E-state index in [1.807, 2.05) is 0 Å². The number of fused-ring (bicyclic) bond motifs is 1. The van der Waals surface area contributed by atoms with Gasteiger partial charge in [-0.25, -0.2) is 0 Å². The van der Waals surface area contributed by atoms with E-state index in [-0.39, 0.29) is 5.41 Å². The van der Waals surface area contributed by atoms with E-state index in [2.05, 4.69) is 44.8 Å². The zero-order valence-electron chi connectivity index (χ0n) is 13.6. The normalized spacial score (nSPS) is 23.0. The number of nitrogens with one attached hydrogen (secondary N) is 1. The van der Waals surface area contributed by atoms with Crippen molar-refractivity contribution >= 4 is 0 Å². The summed E-state index contributed by atoms with van der Waals surface area (Å²) in [4.78, 5) is 0. The smallest absolute Gasteiger partial charge is 0.0727 e. The molecule has 1 saturated heterocycles. The van der Waals surface area contributed by atoms with Crippen molar-refractivity contribution < 1.29 is 4.74 Å². The zero-order chi connectivity index (χ0) is 15.0. The van der Waals surface area contributed by atoms with Crippen LogP contribution in [0.5, 0.6) is 0 Å². The van der Waals surface area contributed by atoms with Crippen molar-refractivity contribution in [1.29, 1.82) is 0 Å². The van der Waals surface area contributed by atoms with Gasteiger partial charge in [-0.15, -0.1) is 0 Å². The van der Waals surface area contributed by atoms with Crippen molar-refractivity contribution in [3.05, 3.63) is 46.5 Å². The van der Waals surface area contributed by atoms with Crippen molar-refractivity contribution in [3.8, 4) is 0 Å². The highest BCUT2D eigenvalue weighted by atomic mass is 16.5. The highest BCUT2D eigenvalue weighted by Gasteiger charge is 2.26. The third-order valence-corrected chi connectivity index (χ3v) is 4.67. The first-order chi connectivity index (χ1) is 9.95. The fourth-order valence-corrected chi connectivity index (χ4v) is 3.40. The fourth-order valence-electron chi connectivity index (χ4n) is 3.40. The van der Waals surface area contributed by atoms with Gasteiger partial charge in [-0.3, -0.25) is 0 Å². The Morgan fingerprint density at radius 1 is 1.24 bits per heavy atom. The van der Waals surface area contributed by atoms with Crippen LogP contribution in [0.1, 0.15) is 61.9 Å². The lowest BCUT2D eigenvalue weighted by molar-refractivity contribution is 0.145. The summed E-state index contributed by atoms with van der Waals surface area (Å²) < 4.78 is 5.83. The molecule has 2 nitrogen and oxygen atoms in total. The summed E-state index contributed by atoms with van der Waals surface area (Å²) in [6.07, 6.45) is 3.46. The molecule has 0 saturated carbocycles. The minimum absolute atomic E-state index is 0.177. The molecule has 0 spiro atoms. The van der Waals surface area contributed by atoms with Crippen LogP contribution >= 0.6 is 0 Å². The summed E-state index contributed by atoms with van der Waals surface area (Å²) in [5.41, 5.74) is 7.08. The summed E-state index contributed by atoms with van der Waals surface area (Å²) in [5, 5.41) is 3.66. The topological polar surface area (TPSA) is 21.3 Å². The molecule has 114 valence electrons.